The molecular weight excluding hydrogens is 324 g/mol. The number of ether oxygens (including phenoxy) is 2. The number of hydrogen-bond acceptors (Lipinski definition) is 6. The van der Waals surface area contributed by atoms with Gasteiger partial charge in [-0.3, -0.25) is 4.79 Å². The number of aryl methyl sites for hydroxylation is 1. The molecule has 0 spiro atoms. The zero-order valence-corrected chi connectivity index (χ0v) is 14.0. The number of carbonyl (C=O) groups is 2. The molecule has 1 N–H and O–H groups in total. The zero-order chi connectivity index (χ0) is 17.6. The third-order valence-electron chi connectivity index (χ3n) is 3.94. The van der Waals surface area contributed by atoms with Gasteiger partial charge < -0.3 is 24.1 Å². The van der Waals surface area contributed by atoms with Gasteiger partial charge in [-0.2, -0.15) is 0 Å². The molecule has 1 fully saturated rings. The number of carbonyl (C=O) groups excluding carboxylic acids is 2. The van der Waals surface area contributed by atoms with Crippen molar-refractivity contribution >= 4 is 23.3 Å². The third-order valence-corrected chi connectivity index (χ3v) is 3.94. The summed E-state index contributed by atoms with van der Waals surface area (Å²) < 4.78 is 15.4. The van der Waals surface area contributed by atoms with Crippen LogP contribution in [0, 0.1) is 6.92 Å². The van der Waals surface area contributed by atoms with E-state index in [1.54, 1.807) is 6.92 Å². The molecule has 7 nitrogen and oxygen atoms in total. The molecule has 1 saturated heterocycles. The fraction of sp³-hybridized carbons (Fsp3) is 0.333. The first-order chi connectivity index (χ1) is 12.1. The highest BCUT2D eigenvalue weighted by atomic mass is 16.5. The first-order valence-corrected chi connectivity index (χ1v) is 8.07. The Labute approximate surface area is 145 Å². The lowest BCUT2D eigenvalue weighted by Crippen LogP contribution is -2.36. The van der Waals surface area contributed by atoms with Crippen LogP contribution in [0.2, 0.25) is 0 Å². The molecule has 2 heterocycles. The summed E-state index contributed by atoms with van der Waals surface area (Å²) >= 11 is 0. The van der Waals surface area contributed by atoms with Gasteiger partial charge in [0, 0.05) is 24.5 Å². The van der Waals surface area contributed by atoms with Crippen molar-refractivity contribution in [2.24, 2.45) is 0 Å². The number of anilines is 2. The van der Waals surface area contributed by atoms with Gasteiger partial charge >= 0.3 is 5.97 Å². The summed E-state index contributed by atoms with van der Waals surface area (Å²) in [7, 11) is 0. The van der Waals surface area contributed by atoms with E-state index >= 15 is 0 Å². The van der Waals surface area contributed by atoms with Crippen LogP contribution < -0.4 is 10.2 Å². The van der Waals surface area contributed by atoms with Crippen molar-refractivity contribution in [2.75, 3.05) is 43.1 Å². The molecule has 25 heavy (non-hydrogen) atoms. The summed E-state index contributed by atoms with van der Waals surface area (Å²) in [5.41, 5.74) is 2.06. The van der Waals surface area contributed by atoms with Crippen LogP contribution in [0.25, 0.3) is 0 Å². The lowest BCUT2D eigenvalue weighted by atomic mass is 10.2. The average molecular weight is 344 g/mol. The molecule has 2 aromatic rings. The highest BCUT2D eigenvalue weighted by Gasteiger charge is 2.15. The van der Waals surface area contributed by atoms with Crippen molar-refractivity contribution in [3.8, 4) is 0 Å². The highest BCUT2D eigenvalue weighted by Crippen LogP contribution is 2.19. The van der Waals surface area contributed by atoms with Crippen molar-refractivity contribution in [3.63, 3.8) is 0 Å². The van der Waals surface area contributed by atoms with Crippen molar-refractivity contribution in [1.82, 2.24) is 0 Å². The van der Waals surface area contributed by atoms with Crippen LogP contribution in [0.3, 0.4) is 0 Å². The van der Waals surface area contributed by atoms with Crippen LogP contribution in [0.1, 0.15) is 16.1 Å². The molecule has 7 heteroatoms. The quantitative estimate of drug-likeness (QED) is 0.838. The molecular formula is C18H20N2O5. The predicted octanol–water partition coefficient (Wildman–Crippen LogP) is 2.22. The van der Waals surface area contributed by atoms with E-state index in [1.165, 1.54) is 12.3 Å². The summed E-state index contributed by atoms with van der Waals surface area (Å²) in [6.07, 6.45) is 1.40. The summed E-state index contributed by atoms with van der Waals surface area (Å²) in [5, 5.41) is 2.70. The minimum Gasteiger partial charge on any atom is -0.469 e. The second kappa shape index (κ2) is 7.85. The molecule has 1 aromatic carbocycles. The second-order valence-electron chi connectivity index (χ2n) is 5.66. The Morgan fingerprint density at radius 3 is 2.52 bits per heavy atom. The Morgan fingerprint density at radius 2 is 1.88 bits per heavy atom. The van der Waals surface area contributed by atoms with Gasteiger partial charge in [-0.1, -0.05) is 0 Å². The van der Waals surface area contributed by atoms with Gasteiger partial charge in [0.1, 0.15) is 11.3 Å². The molecule has 3 rings (SSSR count). The number of hydrogen-bond donors (Lipinski definition) is 1. The van der Waals surface area contributed by atoms with Gasteiger partial charge in [-0.25, -0.2) is 4.79 Å². The second-order valence-corrected chi connectivity index (χ2v) is 5.66. The molecule has 0 aliphatic carbocycles. The summed E-state index contributed by atoms with van der Waals surface area (Å²) in [6, 6.07) is 9.05. The maximum Gasteiger partial charge on any atom is 0.342 e. The van der Waals surface area contributed by atoms with Crippen molar-refractivity contribution in [1.29, 1.82) is 0 Å². The van der Waals surface area contributed by atoms with Gasteiger partial charge in [0.05, 0.1) is 19.5 Å². The first kappa shape index (κ1) is 17.0. The van der Waals surface area contributed by atoms with Crippen LogP contribution in [0.4, 0.5) is 11.4 Å². The van der Waals surface area contributed by atoms with Gasteiger partial charge in [0.2, 0.25) is 0 Å². The molecule has 0 saturated carbocycles. The Bertz CT molecular complexity index is 732. The fourth-order valence-corrected chi connectivity index (χ4v) is 2.58. The van der Waals surface area contributed by atoms with E-state index in [0.29, 0.717) is 17.0 Å². The lowest BCUT2D eigenvalue weighted by Gasteiger charge is -2.28. The number of nitrogens with one attached hydrogen (secondary N) is 1. The number of amides is 1. The van der Waals surface area contributed by atoms with E-state index in [0.717, 1.165) is 32.0 Å². The topological polar surface area (TPSA) is 81.0 Å². The smallest absolute Gasteiger partial charge is 0.342 e. The summed E-state index contributed by atoms with van der Waals surface area (Å²) in [4.78, 5) is 26.0. The van der Waals surface area contributed by atoms with E-state index in [9.17, 15) is 9.59 Å². The Balaban J connectivity index is 1.49. The standard InChI is InChI=1S/C18H20N2O5/c1-13-16(6-9-24-13)18(22)25-12-17(21)19-14-2-4-15(5-3-14)20-7-10-23-11-8-20/h2-6,9H,7-8,10-12H2,1H3,(H,19,21). The zero-order valence-electron chi connectivity index (χ0n) is 14.0. The van der Waals surface area contributed by atoms with Gasteiger partial charge in [-0.05, 0) is 37.3 Å². The minimum absolute atomic E-state index is 0.322. The molecule has 1 aliphatic rings. The minimum atomic E-state index is -0.580. The highest BCUT2D eigenvalue weighted by molar-refractivity contribution is 5.95. The molecule has 1 amide bonds. The first-order valence-electron chi connectivity index (χ1n) is 8.07. The number of esters is 1. The third kappa shape index (κ3) is 4.39. The average Bonchev–Trinajstić information content (AvgIpc) is 3.07. The largest absolute Gasteiger partial charge is 0.469 e. The normalized spacial score (nSPS) is 14.2. The van der Waals surface area contributed by atoms with Crippen LogP contribution >= 0.6 is 0 Å². The summed E-state index contributed by atoms with van der Waals surface area (Å²) in [6.45, 7) is 4.46. The molecule has 132 valence electrons. The van der Waals surface area contributed by atoms with Gasteiger partial charge in [0.25, 0.3) is 5.91 Å². The number of morpholine rings is 1. The number of benzene rings is 1. The maximum absolute atomic E-state index is 11.9. The van der Waals surface area contributed by atoms with E-state index in [4.69, 9.17) is 13.9 Å². The number of nitrogens with zero attached hydrogens (tertiary/aromatic N) is 1. The molecule has 0 atom stereocenters. The van der Waals surface area contributed by atoms with Gasteiger partial charge in [-0.15, -0.1) is 0 Å². The van der Waals surface area contributed by atoms with Crippen molar-refractivity contribution < 1.29 is 23.5 Å². The van der Waals surface area contributed by atoms with Gasteiger partial charge in [0.15, 0.2) is 6.61 Å². The monoisotopic (exact) mass is 344 g/mol. The SMILES string of the molecule is Cc1occc1C(=O)OCC(=O)Nc1ccc(N2CCOCC2)cc1. The van der Waals surface area contributed by atoms with E-state index in [1.807, 2.05) is 24.3 Å². The number of furan rings is 1. The molecule has 0 bridgehead atoms. The van der Waals surface area contributed by atoms with Crippen molar-refractivity contribution in [2.45, 2.75) is 6.92 Å². The van der Waals surface area contributed by atoms with Crippen LogP contribution in [0.15, 0.2) is 41.0 Å². The van der Waals surface area contributed by atoms with Crippen molar-refractivity contribution in [3.05, 3.63) is 47.9 Å². The maximum atomic E-state index is 11.9. The Hall–Kier alpha value is -2.80. The molecule has 0 unspecified atom stereocenters. The Morgan fingerprint density at radius 1 is 1.16 bits per heavy atom. The summed E-state index contributed by atoms with van der Waals surface area (Å²) in [5.74, 6) is -0.512. The lowest BCUT2D eigenvalue weighted by molar-refractivity contribution is -0.119. The molecule has 0 radical (unpaired) electrons. The van der Waals surface area contributed by atoms with Crippen LogP contribution in [0.5, 0.6) is 0 Å². The van der Waals surface area contributed by atoms with E-state index in [2.05, 4.69) is 10.2 Å². The molecule has 1 aliphatic heterocycles. The Kier molecular flexibility index (Phi) is 5.35. The van der Waals surface area contributed by atoms with E-state index < -0.39 is 11.9 Å². The van der Waals surface area contributed by atoms with E-state index in [-0.39, 0.29) is 6.61 Å². The number of rotatable bonds is 5. The molecule has 1 aromatic heterocycles. The fourth-order valence-electron chi connectivity index (χ4n) is 2.58. The van der Waals surface area contributed by atoms with Crippen LogP contribution in [-0.4, -0.2) is 44.8 Å². The van der Waals surface area contributed by atoms with Crippen LogP contribution in [-0.2, 0) is 14.3 Å². The predicted molar refractivity (Wildman–Crippen MR) is 91.8 cm³/mol.